The molecule has 0 aliphatic heterocycles. The van der Waals surface area contributed by atoms with Crippen molar-refractivity contribution in [2.45, 2.75) is 13.0 Å². The number of amides is 1. The molecule has 5 aromatic carbocycles. The fourth-order valence-electron chi connectivity index (χ4n) is 4.10. The highest BCUT2D eigenvalue weighted by molar-refractivity contribution is 9.10. The number of hydrogen-bond acceptors (Lipinski definition) is 3. The molecule has 4 nitrogen and oxygen atoms in total. The van der Waals surface area contributed by atoms with Gasteiger partial charge in [0.25, 0.3) is 0 Å². The summed E-state index contributed by atoms with van der Waals surface area (Å²) in [7, 11) is 0. The Hall–Kier alpha value is -3.96. The van der Waals surface area contributed by atoms with E-state index in [4.69, 9.17) is 4.74 Å². The molecular formula is C30H23BrN2O2. The van der Waals surface area contributed by atoms with Crippen molar-refractivity contribution in [3.8, 4) is 5.75 Å². The molecule has 5 rings (SSSR count). The van der Waals surface area contributed by atoms with Crippen LogP contribution in [0.25, 0.3) is 21.5 Å². The second-order valence-corrected chi connectivity index (χ2v) is 9.14. The molecule has 5 heteroatoms. The summed E-state index contributed by atoms with van der Waals surface area (Å²) in [6, 6.07) is 34.2. The molecule has 5 aromatic rings. The predicted octanol–water partition coefficient (Wildman–Crippen LogP) is 7.03. The van der Waals surface area contributed by atoms with Crippen molar-refractivity contribution in [2.75, 3.05) is 0 Å². The number of ether oxygens (including phenoxy) is 1. The van der Waals surface area contributed by atoms with Crippen LogP contribution in [0.5, 0.6) is 5.75 Å². The lowest BCUT2D eigenvalue weighted by atomic mass is 10.0. The monoisotopic (exact) mass is 522 g/mol. The summed E-state index contributed by atoms with van der Waals surface area (Å²) in [4.78, 5) is 12.4. The van der Waals surface area contributed by atoms with Crippen LogP contribution in [-0.4, -0.2) is 12.1 Å². The van der Waals surface area contributed by atoms with E-state index < -0.39 is 0 Å². The summed E-state index contributed by atoms with van der Waals surface area (Å²) >= 11 is 3.41. The van der Waals surface area contributed by atoms with Crippen LogP contribution in [0.1, 0.15) is 16.7 Å². The molecule has 0 radical (unpaired) electrons. The van der Waals surface area contributed by atoms with Crippen LogP contribution in [0.15, 0.2) is 113 Å². The molecule has 0 spiro atoms. The van der Waals surface area contributed by atoms with Gasteiger partial charge >= 0.3 is 0 Å². The minimum Gasteiger partial charge on any atom is -0.488 e. The van der Waals surface area contributed by atoms with E-state index in [9.17, 15) is 4.79 Å². The van der Waals surface area contributed by atoms with Crippen LogP contribution in [0.3, 0.4) is 0 Å². The Bertz CT molecular complexity index is 1520. The fourth-order valence-corrected chi connectivity index (χ4v) is 4.37. The minimum atomic E-state index is -0.179. The van der Waals surface area contributed by atoms with E-state index in [-0.39, 0.29) is 12.3 Å². The first-order chi connectivity index (χ1) is 17.2. The van der Waals surface area contributed by atoms with E-state index in [1.807, 2.05) is 78.9 Å². The van der Waals surface area contributed by atoms with Crippen molar-refractivity contribution in [2.24, 2.45) is 5.10 Å². The summed E-state index contributed by atoms with van der Waals surface area (Å²) in [6.07, 6.45) is 1.92. The molecule has 0 bridgehead atoms. The molecule has 0 saturated heterocycles. The summed E-state index contributed by atoms with van der Waals surface area (Å²) in [6.45, 7) is 0.427. The van der Waals surface area contributed by atoms with Gasteiger partial charge in [0, 0.05) is 10.0 Å². The summed E-state index contributed by atoms with van der Waals surface area (Å²) in [5.74, 6) is 0.532. The maximum atomic E-state index is 12.4. The SMILES string of the molecule is O=C(Cc1ccc(Br)cc1)N/N=C\c1c(OCc2cccc3ccccc23)ccc2ccccc12. The predicted molar refractivity (Wildman–Crippen MR) is 146 cm³/mol. The fraction of sp³-hybridized carbons (Fsp3) is 0.0667. The van der Waals surface area contributed by atoms with Crippen LogP contribution in [0, 0.1) is 0 Å². The number of hydrogen-bond donors (Lipinski definition) is 1. The first-order valence-electron chi connectivity index (χ1n) is 11.3. The van der Waals surface area contributed by atoms with Crippen LogP contribution in [-0.2, 0) is 17.8 Å². The van der Waals surface area contributed by atoms with Gasteiger partial charge in [-0.25, -0.2) is 5.43 Å². The molecular weight excluding hydrogens is 500 g/mol. The zero-order valence-electron chi connectivity index (χ0n) is 18.9. The van der Waals surface area contributed by atoms with E-state index >= 15 is 0 Å². The molecule has 1 amide bonds. The Morgan fingerprint density at radius 1 is 0.800 bits per heavy atom. The van der Waals surface area contributed by atoms with Crippen LogP contribution in [0.2, 0.25) is 0 Å². The van der Waals surface area contributed by atoms with E-state index in [1.165, 1.54) is 10.8 Å². The molecule has 0 heterocycles. The maximum absolute atomic E-state index is 12.4. The average molecular weight is 523 g/mol. The number of carbonyl (C=O) groups excluding carboxylic acids is 1. The molecule has 0 unspecified atom stereocenters. The first-order valence-corrected chi connectivity index (χ1v) is 12.1. The standard InChI is InChI=1S/C30H23BrN2O2/c31-25-15-12-21(13-16-25)18-30(34)33-32-19-28-27-11-4-2-7-23(27)14-17-29(28)35-20-24-9-5-8-22-6-1-3-10-26(22)24/h1-17,19H,18,20H2,(H,33,34)/b32-19-. The van der Waals surface area contributed by atoms with Crippen LogP contribution in [0.4, 0.5) is 0 Å². The van der Waals surface area contributed by atoms with E-state index in [0.717, 1.165) is 31.9 Å². The molecule has 172 valence electrons. The van der Waals surface area contributed by atoms with Crippen molar-refractivity contribution in [3.05, 3.63) is 124 Å². The zero-order chi connectivity index (χ0) is 24.0. The minimum absolute atomic E-state index is 0.179. The molecule has 0 atom stereocenters. The molecule has 0 fully saturated rings. The Labute approximate surface area is 212 Å². The second-order valence-electron chi connectivity index (χ2n) is 8.22. The van der Waals surface area contributed by atoms with E-state index in [1.54, 1.807) is 6.21 Å². The van der Waals surface area contributed by atoms with Gasteiger partial charge in [-0.2, -0.15) is 5.10 Å². The van der Waals surface area contributed by atoms with Gasteiger partial charge in [0.2, 0.25) is 5.91 Å². The van der Waals surface area contributed by atoms with Gasteiger partial charge in [-0.1, -0.05) is 101 Å². The number of hydrazone groups is 1. The van der Waals surface area contributed by atoms with Crippen molar-refractivity contribution in [3.63, 3.8) is 0 Å². The number of nitrogens with zero attached hydrogens (tertiary/aromatic N) is 1. The van der Waals surface area contributed by atoms with E-state index in [2.05, 4.69) is 50.7 Å². The Morgan fingerprint density at radius 2 is 1.49 bits per heavy atom. The summed E-state index contributed by atoms with van der Waals surface area (Å²) in [5.41, 5.74) is 5.51. The third kappa shape index (κ3) is 5.42. The van der Waals surface area contributed by atoms with Gasteiger partial charge in [0.15, 0.2) is 0 Å². The number of benzene rings is 5. The summed E-state index contributed by atoms with van der Waals surface area (Å²) < 4.78 is 7.27. The Balaban J connectivity index is 1.37. The van der Waals surface area contributed by atoms with Crippen molar-refractivity contribution >= 4 is 49.6 Å². The molecule has 0 aromatic heterocycles. The zero-order valence-corrected chi connectivity index (χ0v) is 20.5. The highest BCUT2D eigenvalue weighted by Crippen LogP contribution is 2.28. The second kappa shape index (κ2) is 10.5. The third-order valence-corrected chi connectivity index (χ3v) is 6.38. The third-order valence-electron chi connectivity index (χ3n) is 5.85. The van der Waals surface area contributed by atoms with Gasteiger partial charge in [0.05, 0.1) is 12.6 Å². The van der Waals surface area contributed by atoms with Crippen LogP contribution >= 0.6 is 15.9 Å². The molecule has 0 aliphatic rings. The number of fused-ring (bicyclic) bond motifs is 2. The Kier molecular flexibility index (Phi) is 6.87. The highest BCUT2D eigenvalue weighted by Gasteiger charge is 2.09. The van der Waals surface area contributed by atoms with E-state index in [0.29, 0.717) is 12.4 Å². The van der Waals surface area contributed by atoms with Gasteiger partial charge in [-0.3, -0.25) is 4.79 Å². The highest BCUT2D eigenvalue weighted by atomic mass is 79.9. The van der Waals surface area contributed by atoms with Crippen molar-refractivity contribution in [1.29, 1.82) is 0 Å². The largest absolute Gasteiger partial charge is 0.488 e. The number of nitrogens with one attached hydrogen (secondary N) is 1. The van der Waals surface area contributed by atoms with Crippen molar-refractivity contribution < 1.29 is 9.53 Å². The number of rotatable bonds is 7. The number of carbonyl (C=O) groups is 1. The lowest BCUT2D eigenvalue weighted by Crippen LogP contribution is -2.19. The summed E-state index contributed by atoms with van der Waals surface area (Å²) in [5, 5.41) is 8.70. The topological polar surface area (TPSA) is 50.7 Å². The molecule has 35 heavy (non-hydrogen) atoms. The van der Waals surface area contributed by atoms with Gasteiger partial charge in [0.1, 0.15) is 12.4 Å². The average Bonchev–Trinajstić information content (AvgIpc) is 2.89. The number of halogens is 1. The van der Waals surface area contributed by atoms with Crippen molar-refractivity contribution in [1.82, 2.24) is 5.43 Å². The van der Waals surface area contributed by atoms with Gasteiger partial charge < -0.3 is 4.74 Å². The lowest BCUT2D eigenvalue weighted by molar-refractivity contribution is -0.120. The first kappa shape index (κ1) is 22.8. The molecule has 0 saturated carbocycles. The van der Waals surface area contributed by atoms with Crippen LogP contribution < -0.4 is 10.2 Å². The smallest absolute Gasteiger partial charge is 0.244 e. The maximum Gasteiger partial charge on any atom is 0.244 e. The molecule has 1 N–H and O–H groups in total. The normalized spacial score (nSPS) is 11.2. The lowest BCUT2D eigenvalue weighted by Gasteiger charge is -2.13. The molecule has 0 aliphatic carbocycles. The van der Waals surface area contributed by atoms with Gasteiger partial charge in [-0.05, 0) is 50.9 Å². The van der Waals surface area contributed by atoms with Gasteiger partial charge in [-0.15, -0.1) is 0 Å². The quantitative estimate of drug-likeness (QED) is 0.184. The Morgan fingerprint density at radius 3 is 2.29 bits per heavy atom.